The van der Waals surface area contributed by atoms with Gasteiger partial charge in [0.15, 0.2) is 0 Å². The predicted octanol–water partition coefficient (Wildman–Crippen LogP) is 4.41. The number of benzene rings is 1. The molecule has 1 aliphatic heterocycles. The number of aromatic nitrogens is 1. The van der Waals surface area contributed by atoms with Crippen LogP contribution in [0.5, 0.6) is 5.75 Å². The van der Waals surface area contributed by atoms with Gasteiger partial charge in [-0.2, -0.15) is 0 Å². The summed E-state index contributed by atoms with van der Waals surface area (Å²) in [5.74, 6) is 1.73. The topological polar surface area (TPSA) is 75.9 Å². The third-order valence-electron chi connectivity index (χ3n) is 6.31. The lowest BCUT2D eigenvalue weighted by molar-refractivity contribution is -0.134. The van der Waals surface area contributed by atoms with Gasteiger partial charge in [0, 0.05) is 25.2 Å². The lowest BCUT2D eigenvalue weighted by atomic mass is 10.0. The SMILES string of the molecule is CCN1CCCCN(C(=O)Cc2c(C)noc2C)[C@@H](CC(C)C)COc2ccccc2C1=O. The number of nitrogens with zero attached hydrogens (tertiary/aromatic N) is 3. The van der Waals surface area contributed by atoms with Gasteiger partial charge in [-0.1, -0.05) is 31.1 Å². The number of fused-ring (bicyclic) bond motifs is 1. The average molecular weight is 456 g/mol. The Bertz CT molecular complexity index is 933. The fourth-order valence-electron chi connectivity index (χ4n) is 4.46. The number of rotatable bonds is 5. The molecular weight excluding hydrogens is 418 g/mol. The molecule has 0 saturated heterocycles. The highest BCUT2D eigenvalue weighted by Crippen LogP contribution is 2.24. The van der Waals surface area contributed by atoms with Crippen molar-refractivity contribution >= 4 is 11.8 Å². The van der Waals surface area contributed by atoms with E-state index in [4.69, 9.17) is 9.26 Å². The van der Waals surface area contributed by atoms with Gasteiger partial charge in [-0.25, -0.2) is 0 Å². The number of carbonyl (C=O) groups is 2. The summed E-state index contributed by atoms with van der Waals surface area (Å²) in [5, 5.41) is 4.01. The molecule has 1 atom stereocenters. The van der Waals surface area contributed by atoms with Crippen LogP contribution in [0.25, 0.3) is 0 Å². The Balaban J connectivity index is 1.90. The van der Waals surface area contributed by atoms with Crippen molar-refractivity contribution in [3.8, 4) is 5.75 Å². The molecule has 0 spiro atoms. The van der Waals surface area contributed by atoms with Crippen molar-refractivity contribution in [1.82, 2.24) is 15.0 Å². The van der Waals surface area contributed by atoms with E-state index in [0.717, 1.165) is 30.5 Å². The molecule has 0 saturated carbocycles. The Labute approximate surface area is 197 Å². The minimum atomic E-state index is -0.0807. The third kappa shape index (κ3) is 6.15. The highest BCUT2D eigenvalue weighted by atomic mass is 16.5. The molecule has 0 radical (unpaired) electrons. The fraction of sp³-hybridized carbons (Fsp3) is 0.577. The second-order valence-electron chi connectivity index (χ2n) is 9.25. The molecule has 0 aliphatic carbocycles. The highest BCUT2D eigenvalue weighted by Gasteiger charge is 2.28. The number of amides is 2. The first kappa shape index (κ1) is 24.8. The van der Waals surface area contributed by atoms with Crippen LogP contribution in [0.4, 0.5) is 0 Å². The molecule has 0 bridgehead atoms. The molecule has 7 nitrogen and oxygen atoms in total. The summed E-state index contributed by atoms with van der Waals surface area (Å²) in [4.78, 5) is 30.5. The Morgan fingerprint density at radius 3 is 2.58 bits per heavy atom. The second-order valence-corrected chi connectivity index (χ2v) is 9.25. The predicted molar refractivity (Wildman–Crippen MR) is 127 cm³/mol. The molecular formula is C26H37N3O4. The van der Waals surface area contributed by atoms with Crippen molar-refractivity contribution in [3.05, 3.63) is 46.8 Å². The van der Waals surface area contributed by atoms with Crippen LogP contribution in [-0.2, 0) is 11.2 Å². The van der Waals surface area contributed by atoms with Crippen LogP contribution < -0.4 is 4.74 Å². The molecule has 1 aromatic carbocycles. The fourth-order valence-corrected chi connectivity index (χ4v) is 4.46. The second kappa shape index (κ2) is 11.3. The maximum absolute atomic E-state index is 13.5. The van der Waals surface area contributed by atoms with E-state index in [0.29, 0.717) is 49.2 Å². The quantitative estimate of drug-likeness (QED) is 0.667. The van der Waals surface area contributed by atoms with E-state index in [2.05, 4.69) is 19.0 Å². The van der Waals surface area contributed by atoms with E-state index in [1.807, 2.05) is 54.8 Å². The van der Waals surface area contributed by atoms with Gasteiger partial charge in [-0.05, 0) is 58.1 Å². The first-order valence-corrected chi connectivity index (χ1v) is 12.0. The van der Waals surface area contributed by atoms with Gasteiger partial charge >= 0.3 is 0 Å². The largest absolute Gasteiger partial charge is 0.491 e. The minimum absolute atomic E-state index is 0.000392. The molecule has 3 rings (SSSR count). The van der Waals surface area contributed by atoms with Gasteiger partial charge < -0.3 is 19.1 Å². The standard InChI is InChI=1S/C26H37N3O4/c1-6-28-13-9-10-14-29(25(30)16-23-19(4)27-33-20(23)5)21(15-18(2)3)17-32-24-12-8-7-11-22(24)26(28)31/h7-8,11-12,18,21H,6,9-10,13-17H2,1-5H3/t21-/m0/s1. The minimum Gasteiger partial charge on any atom is -0.491 e. The van der Waals surface area contributed by atoms with Crippen LogP contribution in [0.15, 0.2) is 28.8 Å². The van der Waals surface area contributed by atoms with E-state index in [1.165, 1.54) is 0 Å². The summed E-state index contributed by atoms with van der Waals surface area (Å²) in [6.07, 6.45) is 2.76. The van der Waals surface area contributed by atoms with Gasteiger partial charge in [0.2, 0.25) is 5.91 Å². The van der Waals surface area contributed by atoms with Crippen molar-refractivity contribution in [2.45, 2.75) is 66.3 Å². The number of carbonyl (C=O) groups excluding carboxylic acids is 2. The summed E-state index contributed by atoms with van der Waals surface area (Å²) >= 11 is 0. The number of hydrogen-bond donors (Lipinski definition) is 0. The molecule has 1 aliphatic rings. The van der Waals surface area contributed by atoms with Crippen LogP contribution in [0.2, 0.25) is 0 Å². The maximum atomic E-state index is 13.5. The summed E-state index contributed by atoms with van der Waals surface area (Å²) in [5.41, 5.74) is 2.21. The molecule has 2 heterocycles. The average Bonchev–Trinajstić information content (AvgIpc) is 3.10. The monoisotopic (exact) mass is 455 g/mol. The van der Waals surface area contributed by atoms with Crippen LogP contribution in [-0.4, -0.2) is 59.1 Å². The van der Waals surface area contributed by atoms with Gasteiger partial charge in [0.25, 0.3) is 5.91 Å². The zero-order valence-corrected chi connectivity index (χ0v) is 20.6. The molecule has 0 fully saturated rings. The van der Waals surface area contributed by atoms with Crippen molar-refractivity contribution in [2.24, 2.45) is 5.92 Å². The molecule has 0 unspecified atom stereocenters. The van der Waals surface area contributed by atoms with E-state index >= 15 is 0 Å². The first-order valence-electron chi connectivity index (χ1n) is 12.0. The number of aryl methyl sites for hydroxylation is 2. The summed E-state index contributed by atoms with van der Waals surface area (Å²) in [6.45, 7) is 12.3. The van der Waals surface area contributed by atoms with Crippen molar-refractivity contribution in [1.29, 1.82) is 0 Å². The van der Waals surface area contributed by atoms with E-state index in [9.17, 15) is 9.59 Å². The van der Waals surface area contributed by atoms with E-state index in [1.54, 1.807) is 0 Å². The normalized spacial score (nSPS) is 17.9. The van der Waals surface area contributed by atoms with Crippen molar-refractivity contribution in [2.75, 3.05) is 26.2 Å². The van der Waals surface area contributed by atoms with Crippen LogP contribution >= 0.6 is 0 Å². The smallest absolute Gasteiger partial charge is 0.257 e. The highest BCUT2D eigenvalue weighted by molar-refractivity contribution is 5.97. The summed E-state index contributed by atoms with van der Waals surface area (Å²) in [7, 11) is 0. The summed E-state index contributed by atoms with van der Waals surface area (Å²) < 4.78 is 11.5. The van der Waals surface area contributed by atoms with Gasteiger partial charge in [0.05, 0.1) is 23.7 Å². The van der Waals surface area contributed by atoms with Gasteiger partial charge in [0.1, 0.15) is 18.1 Å². The van der Waals surface area contributed by atoms with Crippen molar-refractivity contribution < 1.29 is 18.8 Å². The maximum Gasteiger partial charge on any atom is 0.257 e. The third-order valence-corrected chi connectivity index (χ3v) is 6.31. The molecule has 180 valence electrons. The van der Waals surface area contributed by atoms with Crippen LogP contribution in [0.3, 0.4) is 0 Å². The Morgan fingerprint density at radius 2 is 1.91 bits per heavy atom. The van der Waals surface area contributed by atoms with E-state index < -0.39 is 0 Å². The summed E-state index contributed by atoms with van der Waals surface area (Å²) in [6, 6.07) is 7.33. The Kier molecular flexibility index (Phi) is 8.53. The van der Waals surface area contributed by atoms with Gasteiger partial charge in [-0.15, -0.1) is 0 Å². The zero-order chi connectivity index (χ0) is 24.0. The lowest BCUT2D eigenvalue weighted by Crippen LogP contribution is -2.46. The first-order chi connectivity index (χ1) is 15.8. The Morgan fingerprint density at radius 1 is 1.18 bits per heavy atom. The van der Waals surface area contributed by atoms with Gasteiger partial charge in [-0.3, -0.25) is 9.59 Å². The molecule has 7 heteroatoms. The zero-order valence-electron chi connectivity index (χ0n) is 20.6. The molecule has 2 aromatic rings. The number of hydrogen-bond acceptors (Lipinski definition) is 5. The Hall–Kier alpha value is -2.83. The molecule has 1 aromatic heterocycles. The molecule has 2 amide bonds. The molecule has 0 N–H and O–H groups in total. The van der Waals surface area contributed by atoms with E-state index in [-0.39, 0.29) is 24.3 Å². The number of ether oxygens (including phenoxy) is 1. The molecule has 33 heavy (non-hydrogen) atoms. The van der Waals surface area contributed by atoms with Crippen LogP contribution in [0, 0.1) is 19.8 Å². The van der Waals surface area contributed by atoms with Crippen LogP contribution in [0.1, 0.15) is 67.4 Å². The van der Waals surface area contributed by atoms with Crippen molar-refractivity contribution in [3.63, 3.8) is 0 Å². The number of para-hydroxylation sites is 1. The lowest BCUT2D eigenvalue weighted by Gasteiger charge is -2.34.